The van der Waals surface area contributed by atoms with Crippen LogP contribution in [0.5, 0.6) is 5.88 Å². The molecular formula is C23H17F2N5O3S. The number of methoxy groups -OCH3 is 1. The smallest absolute Gasteiger partial charge is 0.262 e. The van der Waals surface area contributed by atoms with Crippen LogP contribution in [0.25, 0.3) is 22.0 Å². The molecule has 2 aromatic carbocycles. The molecule has 0 saturated heterocycles. The van der Waals surface area contributed by atoms with Crippen LogP contribution >= 0.6 is 0 Å². The third-order valence-electron chi connectivity index (χ3n) is 4.97. The number of nitrogens with two attached hydrogens (primary N) is 1. The summed E-state index contributed by atoms with van der Waals surface area (Å²) >= 11 is 0. The van der Waals surface area contributed by atoms with Gasteiger partial charge in [0.2, 0.25) is 5.88 Å². The SMILES string of the molecule is COc1ncc(-c2ccc3nc(N)c(CC#N)cc3c2)cc1NS(=O)(=O)c1cc(F)cc(F)c1. The molecule has 0 bridgehead atoms. The number of benzene rings is 2. The minimum Gasteiger partial charge on any atom is -0.480 e. The van der Waals surface area contributed by atoms with Gasteiger partial charge in [-0.1, -0.05) is 6.07 Å². The van der Waals surface area contributed by atoms with Gasteiger partial charge in [0.25, 0.3) is 10.0 Å². The lowest BCUT2D eigenvalue weighted by Crippen LogP contribution is -2.14. The molecule has 0 amide bonds. The molecule has 4 aromatic rings. The molecule has 0 atom stereocenters. The molecule has 34 heavy (non-hydrogen) atoms. The highest BCUT2D eigenvalue weighted by Crippen LogP contribution is 2.32. The number of hydrogen-bond donors (Lipinski definition) is 2. The Hall–Kier alpha value is -4.30. The van der Waals surface area contributed by atoms with Gasteiger partial charge in [0.05, 0.1) is 30.0 Å². The van der Waals surface area contributed by atoms with Gasteiger partial charge in [-0.25, -0.2) is 27.2 Å². The topological polar surface area (TPSA) is 131 Å². The first-order chi connectivity index (χ1) is 16.2. The second-order valence-corrected chi connectivity index (χ2v) is 8.95. The van der Waals surface area contributed by atoms with Crippen molar-refractivity contribution >= 4 is 32.4 Å². The van der Waals surface area contributed by atoms with E-state index in [9.17, 15) is 17.2 Å². The summed E-state index contributed by atoms with van der Waals surface area (Å²) in [6, 6.07) is 12.6. The maximum atomic E-state index is 13.6. The van der Waals surface area contributed by atoms with Crippen molar-refractivity contribution in [1.82, 2.24) is 9.97 Å². The molecule has 0 radical (unpaired) electrons. The maximum absolute atomic E-state index is 13.6. The third kappa shape index (κ3) is 4.57. The Morgan fingerprint density at radius 2 is 1.82 bits per heavy atom. The van der Waals surface area contributed by atoms with Crippen LogP contribution in [0, 0.1) is 23.0 Å². The van der Waals surface area contributed by atoms with Crippen LogP contribution in [0.15, 0.2) is 59.6 Å². The fraction of sp³-hybridized carbons (Fsp3) is 0.0870. The summed E-state index contributed by atoms with van der Waals surface area (Å²) in [5, 5.41) is 9.71. The number of nitrogen functional groups attached to an aromatic ring is 1. The molecule has 172 valence electrons. The Balaban J connectivity index is 1.76. The van der Waals surface area contributed by atoms with Gasteiger partial charge in [-0.3, -0.25) is 4.72 Å². The van der Waals surface area contributed by atoms with Gasteiger partial charge >= 0.3 is 0 Å². The monoisotopic (exact) mass is 481 g/mol. The highest BCUT2D eigenvalue weighted by atomic mass is 32.2. The number of nitrogens with zero attached hydrogens (tertiary/aromatic N) is 3. The Morgan fingerprint density at radius 3 is 2.50 bits per heavy atom. The number of pyridine rings is 2. The molecule has 2 aromatic heterocycles. The molecule has 0 aliphatic carbocycles. The molecule has 2 heterocycles. The first-order valence-electron chi connectivity index (χ1n) is 9.79. The lowest BCUT2D eigenvalue weighted by molar-refractivity contribution is 0.400. The molecule has 0 fully saturated rings. The van der Waals surface area contributed by atoms with Gasteiger partial charge in [-0.15, -0.1) is 0 Å². The number of nitrogens with one attached hydrogen (secondary N) is 1. The van der Waals surface area contributed by atoms with Gasteiger partial charge in [0.15, 0.2) is 0 Å². The van der Waals surface area contributed by atoms with Crippen molar-refractivity contribution in [1.29, 1.82) is 5.26 Å². The molecule has 0 spiro atoms. The molecule has 0 aliphatic rings. The van der Waals surface area contributed by atoms with E-state index in [0.29, 0.717) is 40.4 Å². The van der Waals surface area contributed by atoms with E-state index < -0.39 is 26.6 Å². The summed E-state index contributed by atoms with van der Waals surface area (Å²) in [5.41, 5.74) is 8.30. The van der Waals surface area contributed by atoms with Crippen molar-refractivity contribution in [2.45, 2.75) is 11.3 Å². The number of anilines is 2. The van der Waals surface area contributed by atoms with Crippen molar-refractivity contribution < 1.29 is 21.9 Å². The first-order valence-corrected chi connectivity index (χ1v) is 11.3. The fourth-order valence-corrected chi connectivity index (χ4v) is 4.46. The second-order valence-electron chi connectivity index (χ2n) is 7.27. The van der Waals surface area contributed by atoms with Crippen LogP contribution in [-0.4, -0.2) is 25.5 Å². The van der Waals surface area contributed by atoms with E-state index in [1.54, 1.807) is 24.3 Å². The molecule has 0 aliphatic heterocycles. The van der Waals surface area contributed by atoms with Crippen LogP contribution in [-0.2, 0) is 16.4 Å². The van der Waals surface area contributed by atoms with Crippen molar-refractivity contribution in [2.75, 3.05) is 17.6 Å². The molecule has 0 unspecified atom stereocenters. The highest BCUT2D eigenvalue weighted by molar-refractivity contribution is 7.92. The third-order valence-corrected chi connectivity index (χ3v) is 6.31. The number of nitriles is 1. The quantitative estimate of drug-likeness (QED) is 0.425. The largest absolute Gasteiger partial charge is 0.480 e. The number of fused-ring (bicyclic) bond motifs is 1. The van der Waals surface area contributed by atoms with Crippen molar-refractivity contribution in [3.8, 4) is 23.1 Å². The van der Waals surface area contributed by atoms with E-state index in [1.807, 2.05) is 6.07 Å². The number of hydrogen-bond acceptors (Lipinski definition) is 7. The zero-order valence-corrected chi connectivity index (χ0v) is 18.5. The standard InChI is InChI=1S/C23H17F2N5O3S/c1-33-23-21(30-34(31,32)19-10-17(24)9-18(25)11-19)8-16(12-28-23)13-2-3-20-15(6-13)7-14(4-5-26)22(27)29-20/h2-3,6-12,30H,4H2,1H3,(H2,27,29). The van der Waals surface area contributed by atoms with Gasteiger partial charge in [0.1, 0.15) is 23.1 Å². The Morgan fingerprint density at radius 1 is 1.09 bits per heavy atom. The predicted octanol–water partition coefficient (Wildman–Crippen LogP) is 4.03. The molecule has 8 nitrogen and oxygen atoms in total. The minimum absolute atomic E-state index is 0.0228. The van der Waals surface area contributed by atoms with Crippen molar-refractivity contribution in [3.63, 3.8) is 0 Å². The van der Waals surface area contributed by atoms with E-state index >= 15 is 0 Å². The minimum atomic E-state index is -4.35. The lowest BCUT2D eigenvalue weighted by Gasteiger charge is -2.13. The number of halogens is 2. The molecule has 0 saturated carbocycles. The number of rotatable bonds is 6. The Bertz CT molecular complexity index is 1550. The molecular weight excluding hydrogens is 464 g/mol. The first kappa shape index (κ1) is 22.9. The zero-order valence-electron chi connectivity index (χ0n) is 17.7. The van der Waals surface area contributed by atoms with E-state index in [0.717, 1.165) is 5.39 Å². The highest BCUT2D eigenvalue weighted by Gasteiger charge is 2.20. The average molecular weight is 481 g/mol. The van der Waals surface area contributed by atoms with Crippen LogP contribution in [0.4, 0.5) is 20.3 Å². The van der Waals surface area contributed by atoms with E-state index in [4.69, 9.17) is 15.7 Å². The zero-order chi connectivity index (χ0) is 24.5. The molecule has 3 N–H and O–H groups in total. The number of ether oxygens (including phenoxy) is 1. The number of sulfonamides is 1. The van der Waals surface area contributed by atoms with Gasteiger partial charge in [-0.2, -0.15) is 5.26 Å². The molecule has 11 heteroatoms. The van der Waals surface area contributed by atoms with Crippen LogP contribution in [0.2, 0.25) is 0 Å². The van der Waals surface area contributed by atoms with E-state index in [2.05, 4.69) is 14.7 Å². The van der Waals surface area contributed by atoms with Gasteiger partial charge in [0, 0.05) is 28.8 Å². The number of aromatic nitrogens is 2. The van der Waals surface area contributed by atoms with Crippen LogP contribution in [0.1, 0.15) is 5.56 Å². The van der Waals surface area contributed by atoms with E-state index in [-0.39, 0.29) is 23.8 Å². The fourth-order valence-electron chi connectivity index (χ4n) is 3.37. The van der Waals surface area contributed by atoms with Crippen LogP contribution in [0.3, 0.4) is 0 Å². The normalized spacial score (nSPS) is 11.2. The van der Waals surface area contributed by atoms with Gasteiger partial charge in [-0.05, 0) is 42.0 Å². The van der Waals surface area contributed by atoms with Crippen LogP contribution < -0.4 is 15.2 Å². The Kier molecular flexibility index (Phi) is 6.00. The average Bonchev–Trinajstić information content (AvgIpc) is 2.78. The summed E-state index contributed by atoms with van der Waals surface area (Å²) in [4.78, 5) is 7.87. The Labute approximate surface area is 193 Å². The van der Waals surface area contributed by atoms with Crippen molar-refractivity contribution in [3.05, 3.63) is 71.9 Å². The van der Waals surface area contributed by atoms with Gasteiger partial charge < -0.3 is 10.5 Å². The molecule has 4 rings (SSSR count). The predicted molar refractivity (Wildman–Crippen MR) is 122 cm³/mol. The summed E-state index contributed by atoms with van der Waals surface area (Å²) in [6.07, 6.45) is 1.59. The summed E-state index contributed by atoms with van der Waals surface area (Å²) in [7, 11) is -3.04. The maximum Gasteiger partial charge on any atom is 0.262 e. The summed E-state index contributed by atoms with van der Waals surface area (Å²) in [5.74, 6) is -1.81. The lowest BCUT2D eigenvalue weighted by atomic mass is 10.0. The summed E-state index contributed by atoms with van der Waals surface area (Å²) < 4.78 is 60.0. The van der Waals surface area contributed by atoms with E-state index in [1.165, 1.54) is 19.4 Å². The van der Waals surface area contributed by atoms with Crippen molar-refractivity contribution in [2.24, 2.45) is 0 Å². The second kappa shape index (κ2) is 8.92. The summed E-state index contributed by atoms with van der Waals surface area (Å²) in [6.45, 7) is 0.